The minimum absolute atomic E-state index is 0.734. The van der Waals surface area contributed by atoms with Crippen LogP contribution in [0.1, 0.15) is 12.8 Å². The summed E-state index contributed by atoms with van der Waals surface area (Å²) in [5.41, 5.74) is 0. The highest BCUT2D eigenvalue weighted by molar-refractivity contribution is 5.12. The molecule has 1 heterocycles. The van der Waals surface area contributed by atoms with Gasteiger partial charge in [-0.2, -0.15) is 0 Å². The van der Waals surface area contributed by atoms with E-state index < -0.39 is 0 Å². The van der Waals surface area contributed by atoms with Crippen molar-refractivity contribution in [3.63, 3.8) is 0 Å². The molecule has 3 unspecified atom stereocenters. The molecule has 15 heavy (non-hydrogen) atoms. The number of rotatable bonds is 4. The predicted molar refractivity (Wildman–Crippen MR) is 59.4 cm³/mol. The van der Waals surface area contributed by atoms with Crippen molar-refractivity contribution in [2.24, 2.45) is 11.8 Å². The van der Waals surface area contributed by atoms with Crippen LogP contribution in [0.15, 0.2) is 30.9 Å². The topological polar surface area (TPSA) is 29.9 Å². The van der Waals surface area contributed by atoms with Crippen molar-refractivity contribution < 1.29 is 0 Å². The molecule has 3 nitrogen and oxygen atoms in total. The molecule has 3 atom stereocenters. The van der Waals surface area contributed by atoms with Gasteiger partial charge in [0, 0.05) is 31.5 Å². The summed E-state index contributed by atoms with van der Waals surface area (Å²) in [7, 11) is 0. The van der Waals surface area contributed by atoms with Crippen molar-refractivity contribution in [3.05, 3.63) is 30.9 Å². The van der Waals surface area contributed by atoms with Gasteiger partial charge in [0.25, 0.3) is 0 Å². The molecule has 1 saturated carbocycles. The number of imidazole rings is 1. The van der Waals surface area contributed by atoms with Crippen LogP contribution in [-0.2, 0) is 6.54 Å². The van der Waals surface area contributed by atoms with Gasteiger partial charge in [-0.3, -0.25) is 0 Å². The molecule has 1 fully saturated rings. The number of aromatic nitrogens is 2. The van der Waals surface area contributed by atoms with Crippen molar-refractivity contribution in [1.29, 1.82) is 0 Å². The minimum atomic E-state index is 0.734. The lowest BCUT2D eigenvalue weighted by Gasteiger charge is -2.40. The summed E-state index contributed by atoms with van der Waals surface area (Å²) in [5.74, 6) is 1.78. The summed E-state index contributed by atoms with van der Waals surface area (Å²) in [5, 5.41) is 3.63. The molecule has 2 aliphatic carbocycles. The van der Waals surface area contributed by atoms with Gasteiger partial charge in [-0.25, -0.2) is 4.98 Å². The fourth-order valence-corrected chi connectivity index (χ4v) is 2.75. The monoisotopic (exact) mass is 203 g/mol. The number of nitrogens with one attached hydrogen (secondary N) is 1. The molecule has 1 aromatic rings. The Balaban J connectivity index is 1.42. The Hall–Kier alpha value is -1.09. The Morgan fingerprint density at radius 1 is 1.47 bits per heavy atom. The number of hydrogen-bond acceptors (Lipinski definition) is 2. The standard InChI is InChI=1S/C12H17N3/c1-2-10-8-12(11(10)3-1)14-5-7-15-6-4-13-9-15/h1,3-4,6,9-12,14H,2,5,7-8H2. The maximum Gasteiger partial charge on any atom is 0.0946 e. The highest BCUT2D eigenvalue weighted by Gasteiger charge is 2.40. The van der Waals surface area contributed by atoms with Crippen LogP contribution >= 0.6 is 0 Å². The molecule has 3 rings (SSSR count). The fourth-order valence-electron chi connectivity index (χ4n) is 2.75. The predicted octanol–water partition coefficient (Wildman–Crippen LogP) is 1.44. The van der Waals surface area contributed by atoms with Crippen LogP contribution in [0.5, 0.6) is 0 Å². The summed E-state index contributed by atoms with van der Waals surface area (Å²) in [4.78, 5) is 4.03. The van der Waals surface area contributed by atoms with Gasteiger partial charge < -0.3 is 9.88 Å². The van der Waals surface area contributed by atoms with Gasteiger partial charge in [0.2, 0.25) is 0 Å². The van der Waals surface area contributed by atoms with Crippen molar-refractivity contribution in [3.8, 4) is 0 Å². The lowest BCUT2D eigenvalue weighted by molar-refractivity contribution is 0.162. The third-order valence-electron chi connectivity index (χ3n) is 3.70. The minimum Gasteiger partial charge on any atom is -0.336 e. The summed E-state index contributed by atoms with van der Waals surface area (Å²) in [6.07, 6.45) is 13.1. The molecule has 0 amide bonds. The Bertz CT molecular complexity index is 342. The van der Waals surface area contributed by atoms with E-state index in [9.17, 15) is 0 Å². The molecule has 1 aromatic heterocycles. The van der Waals surface area contributed by atoms with Crippen LogP contribution in [0.3, 0.4) is 0 Å². The van der Waals surface area contributed by atoms with Crippen molar-refractivity contribution in [2.45, 2.75) is 25.4 Å². The molecule has 1 N–H and O–H groups in total. The van der Waals surface area contributed by atoms with E-state index in [1.165, 1.54) is 12.8 Å². The van der Waals surface area contributed by atoms with Gasteiger partial charge in [0.05, 0.1) is 6.33 Å². The number of allylic oxidation sites excluding steroid dienone is 1. The summed E-state index contributed by atoms with van der Waals surface area (Å²) in [6, 6.07) is 0.734. The summed E-state index contributed by atoms with van der Waals surface area (Å²) in [6.45, 7) is 2.08. The lowest BCUT2D eigenvalue weighted by atomic mass is 9.71. The SMILES string of the molecule is C1=CC2C(C1)CC2NCCn1ccnc1. The number of hydrogen-bond donors (Lipinski definition) is 1. The van der Waals surface area contributed by atoms with Crippen LogP contribution in [0, 0.1) is 11.8 Å². The zero-order valence-corrected chi connectivity index (χ0v) is 8.84. The third-order valence-corrected chi connectivity index (χ3v) is 3.70. The van der Waals surface area contributed by atoms with Crippen molar-refractivity contribution in [2.75, 3.05) is 6.54 Å². The first kappa shape index (κ1) is 9.16. The second-order valence-corrected chi connectivity index (χ2v) is 4.60. The Morgan fingerprint density at radius 3 is 3.27 bits per heavy atom. The average molecular weight is 203 g/mol. The van der Waals surface area contributed by atoms with E-state index >= 15 is 0 Å². The molecule has 0 aliphatic heterocycles. The van der Waals surface area contributed by atoms with E-state index in [0.29, 0.717) is 0 Å². The molecule has 0 radical (unpaired) electrons. The Kier molecular flexibility index (Phi) is 2.33. The van der Waals surface area contributed by atoms with Crippen LogP contribution in [-0.4, -0.2) is 22.1 Å². The highest BCUT2D eigenvalue weighted by atomic mass is 15.1. The van der Waals surface area contributed by atoms with E-state index in [1.54, 1.807) is 0 Å². The molecule has 2 aliphatic rings. The number of nitrogens with zero attached hydrogens (tertiary/aromatic N) is 2. The van der Waals surface area contributed by atoms with Gasteiger partial charge >= 0.3 is 0 Å². The first-order valence-electron chi connectivity index (χ1n) is 5.79. The lowest BCUT2D eigenvalue weighted by Crippen LogP contribution is -2.48. The van der Waals surface area contributed by atoms with E-state index in [-0.39, 0.29) is 0 Å². The normalized spacial score (nSPS) is 32.7. The average Bonchev–Trinajstić information content (AvgIpc) is 2.82. The van der Waals surface area contributed by atoms with Gasteiger partial charge in [-0.15, -0.1) is 0 Å². The van der Waals surface area contributed by atoms with Crippen LogP contribution in [0.4, 0.5) is 0 Å². The maximum atomic E-state index is 4.03. The second-order valence-electron chi connectivity index (χ2n) is 4.60. The van der Waals surface area contributed by atoms with E-state index in [0.717, 1.165) is 31.0 Å². The van der Waals surface area contributed by atoms with Crippen LogP contribution < -0.4 is 5.32 Å². The molecule has 80 valence electrons. The van der Waals surface area contributed by atoms with Crippen molar-refractivity contribution >= 4 is 0 Å². The molecule has 0 bridgehead atoms. The van der Waals surface area contributed by atoms with Gasteiger partial charge in [0.1, 0.15) is 0 Å². The first-order valence-corrected chi connectivity index (χ1v) is 5.79. The fraction of sp³-hybridized carbons (Fsp3) is 0.583. The van der Waals surface area contributed by atoms with Gasteiger partial charge in [0.15, 0.2) is 0 Å². The zero-order chi connectivity index (χ0) is 10.1. The van der Waals surface area contributed by atoms with E-state index in [2.05, 4.69) is 27.0 Å². The first-order chi connectivity index (χ1) is 7.43. The molecule has 0 spiro atoms. The third kappa shape index (κ3) is 1.72. The Morgan fingerprint density at radius 2 is 2.47 bits per heavy atom. The molecule has 3 heteroatoms. The van der Waals surface area contributed by atoms with Gasteiger partial charge in [-0.05, 0) is 24.7 Å². The molecule has 0 saturated heterocycles. The largest absolute Gasteiger partial charge is 0.336 e. The zero-order valence-electron chi connectivity index (χ0n) is 8.84. The van der Waals surface area contributed by atoms with Gasteiger partial charge in [-0.1, -0.05) is 12.2 Å². The van der Waals surface area contributed by atoms with Crippen molar-refractivity contribution in [1.82, 2.24) is 14.9 Å². The molecular weight excluding hydrogens is 186 g/mol. The van der Waals surface area contributed by atoms with Crippen LogP contribution in [0.2, 0.25) is 0 Å². The van der Waals surface area contributed by atoms with E-state index in [4.69, 9.17) is 0 Å². The van der Waals surface area contributed by atoms with Crippen LogP contribution in [0.25, 0.3) is 0 Å². The smallest absolute Gasteiger partial charge is 0.0946 e. The number of fused-ring (bicyclic) bond motifs is 1. The second kappa shape index (κ2) is 3.81. The highest BCUT2D eigenvalue weighted by Crippen LogP contribution is 2.42. The van der Waals surface area contributed by atoms with E-state index in [1.807, 2.05) is 18.7 Å². The Labute approximate surface area is 90.2 Å². The molecular formula is C12H17N3. The quantitative estimate of drug-likeness (QED) is 0.750. The molecule has 0 aromatic carbocycles. The maximum absolute atomic E-state index is 4.03. The summed E-state index contributed by atoms with van der Waals surface area (Å²) >= 11 is 0. The summed E-state index contributed by atoms with van der Waals surface area (Å²) < 4.78 is 2.12.